The van der Waals surface area contributed by atoms with Crippen molar-refractivity contribution in [2.45, 2.75) is 0 Å². The zero-order chi connectivity index (χ0) is 12.1. The molecule has 0 atom stereocenters. The Hall–Kier alpha value is -3.05. The topological polar surface area (TPSA) is 172 Å². The quantitative estimate of drug-likeness (QED) is 0.298. The van der Waals surface area contributed by atoms with Gasteiger partial charge >= 0.3 is 0 Å². The second-order valence-corrected chi connectivity index (χ2v) is 2.57. The first kappa shape index (κ1) is 10.5. The van der Waals surface area contributed by atoms with Gasteiger partial charge in [-0.25, -0.2) is 15.2 Å². The highest BCUT2D eigenvalue weighted by Gasteiger charge is 2.06. The summed E-state index contributed by atoms with van der Waals surface area (Å²) in [6.07, 6.45) is 0. The smallest absolute Gasteiger partial charge is 0.220 e. The molecule has 2 rings (SSSR count). The van der Waals surface area contributed by atoms with Crippen molar-refractivity contribution >= 4 is 18.4 Å². The summed E-state index contributed by atoms with van der Waals surface area (Å²) in [6.45, 7) is 3.30. The molecule has 0 saturated carbocycles. The second-order valence-electron chi connectivity index (χ2n) is 2.57. The molecule has 0 amide bonds. The number of amidine groups is 2. The van der Waals surface area contributed by atoms with E-state index < -0.39 is 0 Å². The molecule has 12 heteroatoms. The number of hydrogen-bond acceptors (Lipinski definition) is 8. The lowest BCUT2D eigenvalue weighted by Gasteiger charge is -1.91. The van der Waals surface area contributed by atoms with Crippen molar-refractivity contribution in [3.8, 4) is 0 Å². The monoisotopic (exact) mass is 234 g/mol. The summed E-state index contributed by atoms with van der Waals surface area (Å²) in [7, 11) is 0. The standard InChI is InChI=1S/C5H6N12/c1-7-4(5-12-16-17-13-5)9-8-2(6)3-10-14-15-11-3/h1H2,(H2,6,8)(H,10,11,14,15)(H,12,13,16,17)/b9-4-. The van der Waals surface area contributed by atoms with Crippen molar-refractivity contribution in [3.05, 3.63) is 11.6 Å². The first-order chi connectivity index (χ1) is 8.31. The van der Waals surface area contributed by atoms with Crippen LogP contribution in [0, 0.1) is 0 Å². The van der Waals surface area contributed by atoms with Crippen LogP contribution in [0.3, 0.4) is 0 Å². The van der Waals surface area contributed by atoms with Crippen molar-refractivity contribution < 1.29 is 0 Å². The molecule has 2 aromatic heterocycles. The van der Waals surface area contributed by atoms with E-state index in [4.69, 9.17) is 5.73 Å². The number of hydrogen-bond donors (Lipinski definition) is 3. The molecular weight excluding hydrogens is 228 g/mol. The molecule has 4 N–H and O–H groups in total. The van der Waals surface area contributed by atoms with Crippen LogP contribution in [0.25, 0.3) is 0 Å². The van der Waals surface area contributed by atoms with Crippen LogP contribution in [0.2, 0.25) is 0 Å². The van der Waals surface area contributed by atoms with Gasteiger partial charge in [-0.3, -0.25) is 0 Å². The minimum absolute atomic E-state index is 0.0105. The van der Waals surface area contributed by atoms with E-state index in [-0.39, 0.29) is 23.3 Å². The Morgan fingerprint density at radius 3 is 2.24 bits per heavy atom. The van der Waals surface area contributed by atoms with Crippen LogP contribution >= 0.6 is 0 Å². The van der Waals surface area contributed by atoms with E-state index in [2.05, 4.69) is 63.2 Å². The molecule has 0 aliphatic rings. The molecule has 0 radical (unpaired) electrons. The zero-order valence-corrected chi connectivity index (χ0v) is 8.31. The van der Waals surface area contributed by atoms with Crippen LogP contribution in [-0.4, -0.2) is 59.6 Å². The first-order valence-corrected chi connectivity index (χ1v) is 4.17. The molecule has 2 heterocycles. The van der Waals surface area contributed by atoms with E-state index in [1.54, 1.807) is 0 Å². The SMILES string of the molecule is C=N/C(=N\N=C(/N)c1nnn[nH]1)c1nnn[nH]1. The van der Waals surface area contributed by atoms with E-state index in [0.717, 1.165) is 0 Å². The molecule has 0 aliphatic carbocycles. The Morgan fingerprint density at radius 1 is 1.06 bits per heavy atom. The average Bonchev–Trinajstić information content (AvgIpc) is 3.02. The molecule has 0 bridgehead atoms. The Labute approximate surface area is 93.1 Å². The van der Waals surface area contributed by atoms with Crippen LogP contribution in [0.5, 0.6) is 0 Å². The van der Waals surface area contributed by atoms with Gasteiger partial charge in [0.25, 0.3) is 0 Å². The predicted octanol–water partition coefficient (Wildman–Crippen LogP) is -2.52. The van der Waals surface area contributed by atoms with Crippen LogP contribution in [0.15, 0.2) is 15.2 Å². The summed E-state index contributed by atoms with van der Waals surface area (Å²) >= 11 is 0. The predicted molar refractivity (Wildman–Crippen MR) is 55.2 cm³/mol. The molecule has 0 unspecified atom stereocenters. The third-order valence-electron chi connectivity index (χ3n) is 1.55. The van der Waals surface area contributed by atoms with E-state index in [0.29, 0.717) is 0 Å². The maximum Gasteiger partial charge on any atom is 0.220 e. The number of nitrogens with two attached hydrogens (primary N) is 1. The number of aliphatic imine (C=N–C) groups is 1. The highest BCUT2D eigenvalue weighted by molar-refractivity contribution is 5.99. The lowest BCUT2D eigenvalue weighted by Crippen LogP contribution is -2.15. The number of tetrazole rings is 2. The summed E-state index contributed by atoms with van der Waals surface area (Å²) in [6, 6.07) is 0. The van der Waals surface area contributed by atoms with Crippen LogP contribution in [0.1, 0.15) is 11.6 Å². The molecule has 12 nitrogen and oxygen atoms in total. The fraction of sp³-hybridized carbons (Fsp3) is 0. The molecule has 0 aliphatic heterocycles. The molecule has 17 heavy (non-hydrogen) atoms. The molecule has 0 spiro atoms. The van der Waals surface area contributed by atoms with E-state index in [1.165, 1.54) is 0 Å². The zero-order valence-electron chi connectivity index (χ0n) is 8.31. The van der Waals surface area contributed by atoms with Gasteiger partial charge in [0.2, 0.25) is 17.5 Å². The molecular formula is C5H6N12. The number of nitrogens with one attached hydrogen (secondary N) is 2. The second kappa shape index (κ2) is 4.65. The Bertz CT molecular complexity index is 531. The summed E-state index contributed by atoms with van der Waals surface area (Å²) in [5.41, 5.74) is 5.54. The van der Waals surface area contributed by atoms with Gasteiger partial charge in [-0.05, 0) is 27.6 Å². The summed E-state index contributed by atoms with van der Waals surface area (Å²) in [4.78, 5) is 3.59. The summed E-state index contributed by atoms with van der Waals surface area (Å²) in [5, 5.41) is 32.8. The fourth-order valence-electron chi connectivity index (χ4n) is 0.824. The maximum atomic E-state index is 5.54. The van der Waals surface area contributed by atoms with Gasteiger partial charge in [0.1, 0.15) is 0 Å². The Balaban J connectivity index is 2.24. The minimum Gasteiger partial charge on any atom is -0.379 e. The molecule has 86 valence electrons. The third-order valence-corrected chi connectivity index (χ3v) is 1.55. The maximum absolute atomic E-state index is 5.54. The average molecular weight is 234 g/mol. The number of rotatable bonds is 3. The van der Waals surface area contributed by atoms with Gasteiger partial charge in [0.15, 0.2) is 5.84 Å². The van der Waals surface area contributed by atoms with E-state index in [1.807, 2.05) is 0 Å². The number of aromatic amines is 2. The normalized spacial score (nSPS) is 12.7. The van der Waals surface area contributed by atoms with Crippen LogP contribution < -0.4 is 5.73 Å². The summed E-state index contributed by atoms with van der Waals surface area (Å²) < 4.78 is 0. The fourth-order valence-corrected chi connectivity index (χ4v) is 0.824. The van der Waals surface area contributed by atoms with Gasteiger partial charge < -0.3 is 5.73 Å². The van der Waals surface area contributed by atoms with Gasteiger partial charge in [-0.2, -0.15) is 0 Å². The van der Waals surface area contributed by atoms with Gasteiger partial charge in [0, 0.05) is 0 Å². The Kier molecular flexibility index (Phi) is 2.86. The molecule has 0 aromatic carbocycles. The van der Waals surface area contributed by atoms with Crippen molar-refractivity contribution in [2.24, 2.45) is 20.9 Å². The van der Waals surface area contributed by atoms with Crippen molar-refractivity contribution in [1.29, 1.82) is 0 Å². The number of H-pyrrole nitrogens is 2. The number of nitrogens with zero attached hydrogens (tertiary/aromatic N) is 9. The van der Waals surface area contributed by atoms with Crippen molar-refractivity contribution in [3.63, 3.8) is 0 Å². The van der Waals surface area contributed by atoms with Crippen LogP contribution in [0.4, 0.5) is 0 Å². The van der Waals surface area contributed by atoms with Gasteiger partial charge in [0.05, 0.1) is 0 Å². The van der Waals surface area contributed by atoms with Crippen molar-refractivity contribution in [2.75, 3.05) is 0 Å². The third kappa shape index (κ3) is 2.31. The minimum atomic E-state index is -0.0105. The largest absolute Gasteiger partial charge is 0.379 e. The van der Waals surface area contributed by atoms with Crippen LogP contribution in [-0.2, 0) is 0 Å². The molecule has 0 fully saturated rings. The Morgan fingerprint density at radius 2 is 1.71 bits per heavy atom. The molecule has 2 aromatic rings. The highest BCUT2D eigenvalue weighted by atomic mass is 15.5. The first-order valence-electron chi connectivity index (χ1n) is 4.17. The lowest BCUT2D eigenvalue weighted by atomic mass is 10.6. The van der Waals surface area contributed by atoms with Gasteiger partial charge in [-0.15, -0.1) is 20.4 Å². The lowest BCUT2D eigenvalue weighted by molar-refractivity contribution is 0.881. The van der Waals surface area contributed by atoms with Crippen molar-refractivity contribution in [1.82, 2.24) is 41.2 Å². The van der Waals surface area contributed by atoms with E-state index in [9.17, 15) is 0 Å². The highest BCUT2D eigenvalue weighted by Crippen LogP contribution is 1.93. The molecule has 0 saturated heterocycles. The summed E-state index contributed by atoms with van der Waals surface area (Å²) in [5.74, 6) is 0.481. The van der Waals surface area contributed by atoms with Gasteiger partial charge in [-0.1, -0.05) is 0 Å². The number of aromatic nitrogens is 8. The van der Waals surface area contributed by atoms with E-state index >= 15 is 0 Å².